The lowest BCUT2D eigenvalue weighted by molar-refractivity contribution is 0.0687. The number of nitriles is 1. The maximum absolute atomic E-state index is 12.3. The SMILES string of the molecule is CCc1c(C#N)c(-c2ccc(CCNS(=O)(=O)c3ccccc3)cc2)c(C(=O)O)n1C. The highest BCUT2D eigenvalue weighted by atomic mass is 32.2. The summed E-state index contributed by atoms with van der Waals surface area (Å²) in [6, 6.07) is 17.5. The number of carboxylic acids is 1. The van der Waals surface area contributed by atoms with Crippen LogP contribution in [0.15, 0.2) is 59.5 Å². The Morgan fingerprint density at radius 2 is 1.77 bits per heavy atom. The molecule has 0 amide bonds. The molecule has 0 spiro atoms. The smallest absolute Gasteiger partial charge is 0.353 e. The summed E-state index contributed by atoms with van der Waals surface area (Å²) in [5.74, 6) is -1.09. The molecule has 0 unspecified atom stereocenters. The molecule has 2 N–H and O–H groups in total. The van der Waals surface area contributed by atoms with E-state index >= 15 is 0 Å². The molecule has 0 saturated heterocycles. The molecule has 0 saturated carbocycles. The number of sulfonamides is 1. The van der Waals surface area contributed by atoms with Gasteiger partial charge in [-0.15, -0.1) is 0 Å². The van der Waals surface area contributed by atoms with Gasteiger partial charge in [-0.05, 0) is 36.1 Å². The molecule has 0 bridgehead atoms. The Hall–Kier alpha value is -3.41. The normalized spacial score (nSPS) is 11.3. The van der Waals surface area contributed by atoms with E-state index in [1.807, 2.05) is 19.1 Å². The first-order valence-corrected chi connectivity index (χ1v) is 11.3. The van der Waals surface area contributed by atoms with E-state index in [1.165, 1.54) is 12.1 Å². The highest BCUT2D eigenvalue weighted by Crippen LogP contribution is 2.32. The van der Waals surface area contributed by atoms with E-state index in [9.17, 15) is 23.6 Å². The molecule has 0 aliphatic heterocycles. The molecular weight excluding hydrogens is 414 g/mol. The Bertz CT molecular complexity index is 1240. The molecule has 1 heterocycles. The monoisotopic (exact) mass is 437 g/mol. The Labute approximate surface area is 181 Å². The summed E-state index contributed by atoms with van der Waals surface area (Å²) in [7, 11) is -1.91. The Kier molecular flexibility index (Phi) is 6.59. The van der Waals surface area contributed by atoms with E-state index in [0.717, 1.165) is 5.56 Å². The van der Waals surface area contributed by atoms with E-state index in [-0.39, 0.29) is 17.1 Å². The molecule has 3 rings (SSSR count). The molecule has 0 atom stereocenters. The van der Waals surface area contributed by atoms with Crippen LogP contribution in [0, 0.1) is 11.3 Å². The van der Waals surface area contributed by atoms with Crippen molar-refractivity contribution in [2.24, 2.45) is 7.05 Å². The van der Waals surface area contributed by atoms with Crippen molar-refractivity contribution in [1.82, 2.24) is 9.29 Å². The minimum absolute atomic E-state index is 0.0803. The highest BCUT2D eigenvalue weighted by molar-refractivity contribution is 7.89. The first kappa shape index (κ1) is 22.3. The number of hydrogen-bond acceptors (Lipinski definition) is 4. The molecule has 0 fully saturated rings. The first-order chi connectivity index (χ1) is 14.8. The zero-order valence-corrected chi connectivity index (χ0v) is 18.1. The number of rotatable bonds is 8. The fourth-order valence-corrected chi connectivity index (χ4v) is 4.70. The maximum Gasteiger partial charge on any atom is 0.353 e. The molecule has 1 aromatic heterocycles. The van der Waals surface area contributed by atoms with Crippen LogP contribution < -0.4 is 4.72 Å². The van der Waals surface area contributed by atoms with E-state index in [2.05, 4.69) is 10.8 Å². The third-order valence-electron chi connectivity index (χ3n) is 5.17. The molecule has 31 heavy (non-hydrogen) atoms. The van der Waals surface area contributed by atoms with Crippen molar-refractivity contribution in [3.8, 4) is 17.2 Å². The van der Waals surface area contributed by atoms with Crippen LogP contribution in [0.1, 0.15) is 34.2 Å². The van der Waals surface area contributed by atoms with E-state index < -0.39 is 16.0 Å². The molecule has 0 radical (unpaired) electrons. The van der Waals surface area contributed by atoms with Crippen molar-refractivity contribution in [3.63, 3.8) is 0 Å². The van der Waals surface area contributed by atoms with Crippen LogP contribution in [-0.4, -0.2) is 30.6 Å². The number of nitrogens with zero attached hydrogens (tertiary/aromatic N) is 2. The Morgan fingerprint density at radius 1 is 1.13 bits per heavy atom. The Morgan fingerprint density at radius 3 is 2.32 bits per heavy atom. The number of aromatic carboxylic acids is 1. The Balaban J connectivity index is 1.80. The van der Waals surface area contributed by atoms with Crippen molar-refractivity contribution in [3.05, 3.63) is 77.1 Å². The summed E-state index contributed by atoms with van der Waals surface area (Å²) in [6.07, 6.45) is 1.01. The second kappa shape index (κ2) is 9.16. The van der Waals surface area contributed by atoms with Gasteiger partial charge in [0, 0.05) is 24.8 Å². The number of carboxylic acid groups (broad SMARTS) is 1. The molecule has 0 aliphatic carbocycles. The van der Waals surface area contributed by atoms with Crippen molar-refractivity contribution in [2.45, 2.75) is 24.7 Å². The number of benzene rings is 2. The van der Waals surface area contributed by atoms with Crippen molar-refractivity contribution in [2.75, 3.05) is 6.54 Å². The molecular formula is C23H23N3O4S. The second-order valence-corrected chi connectivity index (χ2v) is 8.80. The number of carbonyl (C=O) groups is 1. The molecule has 8 heteroatoms. The fraction of sp³-hybridized carbons (Fsp3) is 0.217. The van der Waals surface area contributed by atoms with Gasteiger partial charge in [0.25, 0.3) is 0 Å². The quantitative estimate of drug-likeness (QED) is 0.561. The average molecular weight is 438 g/mol. The van der Waals surface area contributed by atoms with Crippen LogP contribution in [0.4, 0.5) is 0 Å². The van der Waals surface area contributed by atoms with Crippen LogP contribution in [0.5, 0.6) is 0 Å². The highest BCUT2D eigenvalue weighted by Gasteiger charge is 2.25. The second-order valence-electron chi connectivity index (χ2n) is 7.03. The molecule has 7 nitrogen and oxygen atoms in total. The minimum atomic E-state index is -3.56. The summed E-state index contributed by atoms with van der Waals surface area (Å²) in [6.45, 7) is 2.11. The summed E-state index contributed by atoms with van der Waals surface area (Å²) in [5.41, 5.74) is 3.06. The van der Waals surface area contributed by atoms with Crippen LogP contribution in [-0.2, 0) is 29.9 Å². The number of nitrogens with one attached hydrogen (secondary N) is 1. The summed E-state index contributed by atoms with van der Waals surface area (Å²) >= 11 is 0. The van der Waals surface area contributed by atoms with Gasteiger partial charge >= 0.3 is 5.97 Å². The number of aromatic nitrogens is 1. The lowest BCUT2D eigenvalue weighted by Gasteiger charge is -2.08. The summed E-state index contributed by atoms with van der Waals surface area (Å²) < 4.78 is 28.7. The van der Waals surface area contributed by atoms with Crippen LogP contribution in [0.2, 0.25) is 0 Å². The van der Waals surface area contributed by atoms with Gasteiger partial charge in [-0.1, -0.05) is 49.4 Å². The van der Waals surface area contributed by atoms with Crippen LogP contribution >= 0.6 is 0 Å². The molecule has 160 valence electrons. The topological polar surface area (TPSA) is 112 Å². The summed E-state index contributed by atoms with van der Waals surface area (Å²) in [5, 5.41) is 19.3. The van der Waals surface area contributed by atoms with Gasteiger partial charge in [0.15, 0.2) is 0 Å². The fourth-order valence-electron chi connectivity index (χ4n) is 3.65. The van der Waals surface area contributed by atoms with Gasteiger partial charge in [-0.3, -0.25) is 0 Å². The van der Waals surface area contributed by atoms with E-state index in [1.54, 1.807) is 41.9 Å². The van der Waals surface area contributed by atoms with E-state index in [0.29, 0.717) is 35.2 Å². The third-order valence-corrected chi connectivity index (χ3v) is 6.64. The van der Waals surface area contributed by atoms with Gasteiger partial charge in [-0.25, -0.2) is 17.9 Å². The van der Waals surface area contributed by atoms with E-state index in [4.69, 9.17) is 0 Å². The lowest BCUT2D eigenvalue weighted by atomic mass is 9.98. The average Bonchev–Trinajstić information content (AvgIpc) is 3.06. The number of hydrogen-bond donors (Lipinski definition) is 2. The van der Waals surface area contributed by atoms with Gasteiger partial charge < -0.3 is 9.67 Å². The molecule has 0 aliphatic rings. The molecule has 2 aromatic carbocycles. The van der Waals surface area contributed by atoms with Crippen molar-refractivity contribution >= 4 is 16.0 Å². The largest absolute Gasteiger partial charge is 0.477 e. The van der Waals surface area contributed by atoms with Gasteiger partial charge in [0.05, 0.1) is 10.5 Å². The van der Waals surface area contributed by atoms with Crippen LogP contribution in [0.25, 0.3) is 11.1 Å². The lowest BCUT2D eigenvalue weighted by Crippen LogP contribution is -2.25. The van der Waals surface area contributed by atoms with Gasteiger partial charge in [-0.2, -0.15) is 5.26 Å². The standard InChI is InChI=1S/C23H23N3O4S/c1-3-20-19(15-24)21(22(23(27)28)26(20)2)17-11-9-16(10-12-17)13-14-25-31(29,30)18-7-5-4-6-8-18/h4-12,25H,3,13-14H2,1-2H3,(H,27,28). The zero-order valence-electron chi connectivity index (χ0n) is 17.3. The van der Waals surface area contributed by atoms with Crippen LogP contribution in [0.3, 0.4) is 0 Å². The van der Waals surface area contributed by atoms with Crippen molar-refractivity contribution < 1.29 is 18.3 Å². The first-order valence-electron chi connectivity index (χ1n) is 9.79. The summed E-state index contributed by atoms with van der Waals surface area (Å²) in [4.78, 5) is 12.1. The van der Waals surface area contributed by atoms with Gasteiger partial charge in [0.1, 0.15) is 11.8 Å². The van der Waals surface area contributed by atoms with Crippen molar-refractivity contribution in [1.29, 1.82) is 5.26 Å². The zero-order chi connectivity index (χ0) is 22.6. The van der Waals surface area contributed by atoms with Gasteiger partial charge in [0.2, 0.25) is 10.0 Å². The molecule has 3 aromatic rings. The predicted molar refractivity (Wildman–Crippen MR) is 117 cm³/mol. The third kappa shape index (κ3) is 4.53. The maximum atomic E-state index is 12.3. The minimum Gasteiger partial charge on any atom is -0.477 e. The predicted octanol–water partition coefficient (Wildman–Crippen LogP) is 3.35.